The van der Waals surface area contributed by atoms with Crippen LogP contribution in [0.5, 0.6) is 0 Å². The maximum Gasteiger partial charge on any atom is 0.251 e. The van der Waals surface area contributed by atoms with Gasteiger partial charge >= 0.3 is 0 Å². The first kappa shape index (κ1) is 14.3. The molecule has 0 radical (unpaired) electrons. The van der Waals surface area contributed by atoms with Gasteiger partial charge in [-0.05, 0) is 37.3 Å². The van der Waals surface area contributed by atoms with Crippen LogP contribution in [0.2, 0.25) is 5.15 Å². The summed E-state index contributed by atoms with van der Waals surface area (Å²) in [6.45, 7) is 4.25. The third kappa shape index (κ3) is 3.93. The predicted molar refractivity (Wildman–Crippen MR) is 77.5 cm³/mol. The van der Waals surface area contributed by atoms with Crippen molar-refractivity contribution < 1.29 is 4.79 Å². The number of carbonyl (C=O) groups is 1. The Balaban J connectivity index is 2.05. The fraction of sp³-hybridized carbons (Fsp3) is 0.600. The first-order chi connectivity index (χ1) is 9.08. The van der Waals surface area contributed by atoms with Crippen LogP contribution in [0.4, 0.5) is 0 Å². The molecular weight excluding hydrogens is 260 g/mol. The molecule has 1 aromatic heterocycles. The Morgan fingerprint density at radius 3 is 2.95 bits per heavy atom. The quantitative estimate of drug-likeness (QED) is 0.860. The van der Waals surface area contributed by atoms with Gasteiger partial charge in [-0.25, -0.2) is 4.98 Å². The van der Waals surface area contributed by atoms with E-state index in [0.717, 1.165) is 25.0 Å². The molecule has 1 amide bonds. The normalized spacial score (nSPS) is 23.1. The Morgan fingerprint density at radius 2 is 2.26 bits per heavy atom. The zero-order valence-electron chi connectivity index (χ0n) is 11.6. The van der Waals surface area contributed by atoms with Crippen molar-refractivity contribution in [1.29, 1.82) is 0 Å². The van der Waals surface area contributed by atoms with Crippen LogP contribution in [-0.4, -0.2) is 16.9 Å². The van der Waals surface area contributed by atoms with Crippen molar-refractivity contribution in [3.8, 4) is 0 Å². The topological polar surface area (TPSA) is 42.0 Å². The smallest absolute Gasteiger partial charge is 0.251 e. The number of nitrogens with zero attached hydrogens (tertiary/aromatic N) is 1. The summed E-state index contributed by atoms with van der Waals surface area (Å²) in [6.07, 6.45) is 5.40. The van der Waals surface area contributed by atoms with Crippen LogP contribution in [-0.2, 0) is 6.42 Å². The summed E-state index contributed by atoms with van der Waals surface area (Å²) < 4.78 is 0. The van der Waals surface area contributed by atoms with Crippen LogP contribution < -0.4 is 5.32 Å². The van der Waals surface area contributed by atoms with Gasteiger partial charge in [-0.15, -0.1) is 0 Å². The van der Waals surface area contributed by atoms with Gasteiger partial charge in [0.2, 0.25) is 0 Å². The third-order valence-corrected chi connectivity index (χ3v) is 3.94. The van der Waals surface area contributed by atoms with Crippen molar-refractivity contribution in [3.05, 3.63) is 28.5 Å². The van der Waals surface area contributed by atoms with E-state index < -0.39 is 0 Å². The molecule has 1 aliphatic carbocycles. The largest absolute Gasteiger partial charge is 0.349 e. The molecule has 1 N–H and O–H groups in total. The highest BCUT2D eigenvalue weighted by Crippen LogP contribution is 2.24. The molecule has 2 atom stereocenters. The molecule has 0 spiro atoms. The van der Waals surface area contributed by atoms with Crippen LogP contribution >= 0.6 is 11.6 Å². The van der Waals surface area contributed by atoms with Crippen LogP contribution in [0.1, 0.15) is 55.6 Å². The van der Waals surface area contributed by atoms with Crippen LogP contribution in [0.3, 0.4) is 0 Å². The fourth-order valence-corrected chi connectivity index (χ4v) is 2.92. The maximum atomic E-state index is 12.2. The van der Waals surface area contributed by atoms with Gasteiger partial charge in [0.15, 0.2) is 0 Å². The number of pyridine rings is 1. The summed E-state index contributed by atoms with van der Waals surface area (Å²) in [6, 6.07) is 3.77. The van der Waals surface area contributed by atoms with Gasteiger partial charge in [0, 0.05) is 17.3 Å². The maximum absolute atomic E-state index is 12.2. The molecule has 3 nitrogen and oxygen atoms in total. The number of carbonyl (C=O) groups excluding carboxylic acids is 1. The van der Waals surface area contributed by atoms with Crippen molar-refractivity contribution in [3.63, 3.8) is 0 Å². The van der Waals surface area contributed by atoms with Crippen LogP contribution in [0.25, 0.3) is 0 Å². The molecular formula is C15H21ClN2O. The number of aromatic nitrogens is 1. The molecule has 104 valence electrons. The number of aryl methyl sites for hydroxylation is 1. The molecule has 0 aromatic carbocycles. The summed E-state index contributed by atoms with van der Waals surface area (Å²) >= 11 is 5.95. The van der Waals surface area contributed by atoms with E-state index in [2.05, 4.69) is 17.2 Å². The SMILES string of the molecule is CCc1cc(C(=O)NC2CCCC(C)C2)cc(Cl)n1. The van der Waals surface area contributed by atoms with E-state index >= 15 is 0 Å². The monoisotopic (exact) mass is 280 g/mol. The van der Waals surface area contributed by atoms with Crippen molar-refractivity contribution >= 4 is 17.5 Å². The number of amides is 1. The molecule has 0 saturated heterocycles. The summed E-state index contributed by atoms with van der Waals surface area (Å²) in [5.41, 5.74) is 1.48. The van der Waals surface area contributed by atoms with E-state index in [1.54, 1.807) is 6.07 Å². The van der Waals surface area contributed by atoms with Gasteiger partial charge in [0.1, 0.15) is 5.15 Å². The minimum absolute atomic E-state index is 0.0295. The van der Waals surface area contributed by atoms with E-state index in [1.165, 1.54) is 12.8 Å². The summed E-state index contributed by atoms with van der Waals surface area (Å²) in [5, 5.41) is 3.51. The lowest BCUT2D eigenvalue weighted by molar-refractivity contribution is 0.0921. The van der Waals surface area contributed by atoms with E-state index in [1.807, 2.05) is 13.0 Å². The van der Waals surface area contributed by atoms with Gasteiger partial charge in [-0.1, -0.05) is 38.3 Å². The minimum atomic E-state index is -0.0295. The second kappa shape index (κ2) is 6.38. The third-order valence-electron chi connectivity index (χ3n) is 3.74. The number of hydrogen-bond donors (Lipinski definition) is 1. The predicted octanol–water partition coefficient (Wildman–Crippen LogP) is 3.61. The molecule has 1 heterocycles. The Hall–Kier alpha value is -1.09. The van der Waals surface area contributed by atoms with Crippen molar-refractivity contribution in [2.45, 2.75) is 52.0 Å². The average Bonchev–Trinajstić information content (AvgIpc) is 2.38. The Kier molecular flexibility index (Phi) is 4.81. The average molecular weight is 281 g/mol. The molecule has 1 aliphatic rings. The van der Waals surface area contributed by atoms with E-state index in [9.17, 15) is 4.79 Å². The molecule has 1 fully saturated rings. The number of halogens is 1. The van der Waals surface area contributed by atoms with E-state index in [-0.39, 0.29) is 5.91 Å². The fourth-order valence-electron chi connectivity index (χ4n) is 2.70. The van der Waals surface area contributed by atoms with Crippen LogP contribution in [0, 0.1) is 5.92 Å². The lowest BCUT2D eigenvalue weighted by Crippen LogP contribution is -2.38. The highest BCUT2D eigenvalue weighted by Gasteiger charge is 2.21. The van der Waals surface area contributed by atoms with E-state index in [4.69, 9.17) is 11.6 Å². The highest BCUT2D eigenvalue weighted by molar-refractivity contribution is 6.29. The number of rotatable bonds is 3. The molecule has 2 unspecified atom stereocenters. The number of nitrogens with one attached hydrogen (secondary N) is 1. The van der Waals surface area contributed by atoms with Crippen molar-refractivity contribution in [2.75, 3.05) is 0 Å². The Morgan fingerprint density at radius 1 is 1.47 bits per heavy atom. The molecule has 0 bridgehead atoms. The Labute approximate surface area is 119 Å². The van der Waals surface area contributed by atoms with Crippen molar-refractivity contribution in [1.82, 2.24) is 10.3 Å². The first-order valence-corrected chi connectivity index (χ1v) is 7.43. The van der Waals surface area contributed by atoms with Gasteiger partial charge in [-0.2, -0.15) is 0 Å². The summed E-state index contributed by atoms with van der Waals surface area (Å²) in [5.74, 6) is 0.671. The molecule has 4 heteroatoms. The molecule has 0 aliphatic heterocycles. The second-order valence-electron chi connectivity index (χ2n) is 5.47. The van der Waals surface area contributed by atoms with Gasteiger partial charge in [0.25, 0.3) is 5.91 Å². The summed E-state index contributed by atoms with van der Waals surface area (Å²) in [4.78, 5) is 16.4. The molecule has 19 heavy (non-hydrogen) atoms. The zero-order valence-corrected chi connectivity index (χ0v) is 12.3. The molecule has 1 saturated carbocycles. The van der Waals surface area contributed by atoms with Crippen LogP contribution in [0.15, 0.2) is 12.1 Å². The van der Waals surface area contributed by atoms with E-state index in [0.29, 0.717) is 22.7 Å². The van der Waals surface area contributed by atoms with Gasteiger partial charge in [0.05, 0.1) is 0 Å². The van der Waals surface area contributed by atoms with Crippen molar-refractivity contribution in [2.24, 2.45) is 5.92 Å². The Bertz CT molecular complexity index is 461. The van der Waals surface area contributed by atoms with Gasteiger partial charge in [-0.3, -0.25) is 4.79 Å². The first-order valence-electron chi connectivity index (χ1n) is 7.05. The lowest BCUT2D eigenvalue weighted by atomic mass is 9.87. The standard InChI is InChI=1S/C15H21ClN2O/c1-3-12-8-11(9-14(16)17-12)15(19)18-13-6-4-5-10(2)7-13/h8-10,13H,3-7H2,1-2H3,(H,18,19). The minimum Gasteiger partial charge on any atom is -0.349 e. The second-order valence-corrected chi connectivity index (χ2v) is 5.85. The lowest BCUT2D eigenvalue weighted by Gasteiger charge is -2.27. The molecule has 2 rings (SSSR count). The molecule has 1 aromatic rings. The number of hydrogen-bond acceptors (Lipinski definition) is 2. The summed E-state index contributed by atoms with van der Waals surface area (Å²) in [7, 11) is 0. The van der Waals surface area contributed by atoms with Gasteiger partial charge < -0.3 is 5.32 Å². The highest BCUT2D eigenvalue weighted by atomic mass is 35.5. The zero-order chi connectivity index (χ0) is 13.8.